The van der Waals surface area contributed by atoms with Crippen molar-refractivity contribution in [1.82, 2.24) is 0 Å². The Bertz CT molecular complexity index is 931. The molecule has 0 saturated carbocycles. The number of thioether (sulfide) groups is 1. The summed E-state index contributed by atoms with van der Waals surface area (Å²) in [6.07, 6.45) is 1.96. The third kappa shape index (κ3) is 5.07. The Kier molecular flexibility index (Phi) is 6.26. The Morgan fingerprint density at radius 3 is 2.35 bits per heavy atom. The van der Waals surface area contributed by atoms with E-state index in [1.54, 1.807) is 12.1 Å². The Hall–Kier alpha value is -2.36. The highest BCUT2D eigenvalue weighted by molar-refractivity contribution is 8.02. The van der Waals surface area contributed by atoms with Crippen molar-refractivity contribution in [2.75, 3.05) is 0 Å². The quantitative estimate of drug-likeness (QED) is 0.336. The predicted octanol–water partition coefficient (Wildman–Crippen LogP) is 7.21. The number of para-hydroxylation sites is 1. The highest BCUT2D eigenvalue weighted by Crippen LogP contribution is 2.23. The summed E-state index contributed by atoms with van der Waals surface area (Å²) in [5.74, 6) is -0.235. The first-order chi connectivity index (χ1) is 12.6. The lowest BCUT2D eigenvalue weighted by atomic mass is 10.1. The molecule has 0 aromatic heterocycles. The standard InChI is InChI=1S/C22H17ClFNS/c1-16-4-2-3-5-21(16)25-22(17-6-8-18(23)9-7-17)14-15-26-20-12-10-19(24)11-13-20/h2-15H,1H3. The summed E-state index contributed by atoms with van der Waals surface area (Å²) >= 11 is 7.52. The van der Waals surface area contributed by atoms with Crippen LogP contribution in [0, 0.1) is 12.7 Å². The van der Waals surface area contributed by atoms with Crippen molar-refractivity contribution in [2.45, 2.75) is 11.8 Å². The molecule has 1 nitrogen and oxygen atoms in total. The molecule has 3 rings (SSSR count). The lowest BCUT2D eigenvalue weighted by Gasteiger charge is -2.05. The van der Waals surface area contributed by atoms with Crippen molar-refractivity contribution >= 4 is 34.8 Å². The van der Waals surface area contributed by atoms with Crippen molar-refractivity contribution in [2.24, 2.45) is 4.99 Å². The number of hydrogen-bond donors (Lipinski definition) is 0. The van der Waals surface area contributed by atoms with Crippen LogP contribution in [0.3, 0.4) is 0 Å². The molecule has 0 unspecified atom stereocenters. The fourth-order valence-corrected chi connectivity index (χ4v) is 3.10. The highest BCUT2D eigenvalue weighted by atomic mass is 35.5. The maximum atomic E-state index is 13.0. The average Bonchev–Trinajstić information content (AvgIpc) is 2.65. The van der Waals surface area contributed by atoms with Gasteiger partial charge in [-0.2, -0.15) is 0 Å². The van der Waals surface area contributed by atoms with Gasteiger partial charge in [-0.25, -0.2) is 9.38 Å². The van der Waals surface area contributed by atoms with E-state index in [1.807, 2.05) is 66.9 Å². The second-order valence-electron chi connectivity index (χ2n) is 5.66. The summed E-state index contributed by atoms with van der Waals surface area (Å²) in [5.41, 5.74) is 3.85. The number of aryl methyl sites for hydroxylation is 1. The normalized spacial score (nSPS) is 11.9. The zero-order valence-corrected chi connectivity index (χ0v) is 15.8. The monoisotopic (exact) mass is 381 g/mol. The van der Waals surface area contributed by atoms with E-state index in [2.05, 4.69) is 0 Å². The van der Waals surface area contributed by atoms with Crippen LogP contribution in [-0.4, -0.2) is 5.71 Å². The largest absolute Gasteiger partial charge is 0.248 e. The van der Waals surface area contributed by atoms with Gasteiger partial charge in [-0.05, 0) is 66.4 Å². The maximum Gasteiger partial charge on any atom is 0.123 e. The van der Waals surface area contributed by atoms with Crippen LogP contribution in [-0.2, 0) is 0 Å². The first kappa shape index (κ1) is 18.4. The molecule has 0 aliphatic heterocycles. The van der Waals surface area contributed by atoms with E-state index in [0.29, 0.717) is 5.02 Å². The number of allylic oxidation sites excluding steroid dienone is 1. The van der Waals surface area contributed by atoms with E-state index in [4.69, 9.17) is 16.6 Å². The Balaban J connectivity index is 1.90. The SMILES string of the molecule is Cc1ccccc1N=C(C=CSc1ccc(F)cc1)c1ccc(Cl)cc1. The van der Waals surface area contributed by atoms with Crippen LogP contribution >= 0.6 is 23.4 Å². The van der Waals surface area contributed by atoms with Crippen LogP contribution in [0.25, 0.3) is 0 Å². The van der Waals surface area contributed by atoms with Crippen molar-refractivity contribution in [3.05, 3.63) is 106 Å². The van der Waals surface area contributed by atoms with Gasteiger partial charge in [0.2, 0.25) is 0 Å². The van der Waals surface area contributed by atoms with E-state index >= 15 is 0 Å². The molecule has 0 N–H and O–H groups in total. The van der Waals surface area contributed by atoms with E-state index in [9.17, 15) is 4.39 Å². The molecule has 0 bridgehead atoms. The molecule has 0 atom stereocenters. The van der Waals surface area contributed by atoms with E-state index in [-0.39, 0.29) is 5.82 Å². The minimum Gasteiger partial charge on any atom is -0.248 e. The molecule has 0 aliphatic rings. The molecular formula is C22H17ClFNS. The molecule has 3 aromatic carbocycles. The van der Waals surface area contributed by atoms with Crippen LogP contribution in [0.4, 0.5) is 10.1 Å². The van der Waals surface area contributed by atoms with Crippen LogP contribution in [0.15, 0.2) is 94.2 Å². The summed E-state index contributed by atoms with van der Waals surface area (Å²) in [4.78, 5) is 5.78. The summed E-state index contributed by atoms with van der Waals surface area (Å²) in [5, 5.41) is 2.65. The van der Waals surface area contributed by atoms with Crippen LogP contribution < -0.4 is 0 Å². The zero-order chi connectivity index (χ0) is 18.4. The predicted molar refractivity (Wildman–Crippen MR) is 110 cm³/mol. The van der Waals surface area contributed by atoms with E-state index < -0.39 is 0 Å². The molecule has 0 fully saturated rings. The van der Waals surface area contributed by atoms with Gasteiger partial charge in [0.1, 0.15) is 5.82 Å². The topological polar surface area (TPSA) is 12.4 Å². The minimum absolute atomic E-state index is 0.235. The minimum atomic E-state index is -0.235. The number of benzene rings is 3. The number of aliphatic imine (C=N–C) groups is 1. The smallest absolute Gasteiger partial charge is 0.123 e. The maximum absolute atomic E-state index is 13.0. The van der Waals surface area contributed by atoms with Gasteiger partial charge < -0.3 is 0 Å². The van der Waals surface area contributed by atoms with Gasteiger partial charge in [-0.1, -0.05) is 53.7 Å². The molecule has 0 heterocycles. The number of rotatable bonds is 5. The van der Waals surface area contributed by atoms with E-state index in [1.165, 1.54) is 23.9 Å². The first-order valence-electron chi connectivity index (χ1n) is 8.11. The van der Waals surface area contributed by atoms with Crippen LogP contribution in [0.5, 0.6) is 0 Å². The molecular weight excluding hydrogens is 365 g/mol. The molecule has 0 spiro atoms. The second-order valence-corrected chi connectivity index (χ2v) is 7.08. The Morgan fingerprint density at radius 2 is 1.65 bits per heavy atom. The van der Waals surface area contributed by atoms with Gasteiger partial charge in [-0.3, -0.25) is 0 Å². The number of nitrogens with zero attached hydrogens (tertiary/aromatic N) is 1. The molecule has 0 amide bonds. The summed E-state index contributed by atoms with van der Waals surface area (Å²) in [6.45, 7) is 2.04. The molecule has 130 valence electrons. The average molecular weight is 382 g/mol. The summed E-state index contributed by atoms with van der Waals surface area (Å²) in [7, 11) is 0. The van der Waals surface area contributed by atoms with Gasteiger partial charge in [0, 0.05) is 15.5 Å². The molecule has 0 radical (unpaired) electrons. The van der Waals surface area contributed by atoms with Crippen LogP contribution in [0.2, 0.25) is 5.02 Å². The summed E-state index contributed by atoms with van der Waals surface area (Å²) in [6, 6.07) is 22.0. The molecule has 3 aromatic rings. The third-order valence-electron chi connectivity index (χ3n) is 3.74. The first-order valence-corrected chi connectivity index (χ1v) is 9.36. The van der Waals surface area contributed by atoms with Crippen LogP contribution in [0.1, 0.15) is 11.1 Å². The molecule has 26 heavy (non-hydrogen) atoms. The Labute approximate surface area is 162 Å². The number of halogens is 2. The van der Waals surface area contributed by atoms with Gasteiger partial charge >= 0.3 is 0 Å². The lowest BCUT2D eigenvalue weighted by Crippen LogP contribution is -1.96. The van der Waals surface area contributed by atoms with Crippen molar-refractivity contribution in [3.8, 4) is 0 Å². The van der Waals surface area contributed by atoms with Gasteiger partial charge in [0.15, 0.2) is 0 Å². The molecule has 0 aliphatic carbocycles. The lowest BCUT2D eigenvalue weighted by molar-refractivity contribution is 0.626. The molecule has 4 heteroatoms. The number of hydrogen-bond acceptors (Lipinski definition) is 2. The third-order valence-corrected chi connectivity index (χ3v) is 4.81. The zero-order valence-electron chi connectivity index (χ0n) is 14.2. The fourth-order valence-electron chi connectivity index (χ4n) is 2.33. The summed E-state index contributed by atoms with van der Waals surface area (Å²) < 4.78 is 13.0. The van der Waals surface area contributed by atoms with E-state index in [0.717, 1.165) is 27.4 Å². The van der Waals surface area contributed by atoms with Gasteiger partial charge in [-0.15, -0.1) is 0 Å². The van der Waals surface area contributed by atoms with Crippen molar-refractivity contribution < 1.29 is 4.39 Å². The fraction of sp³-hybridized carbons (Fsp3) is 0.0455. The second kappa shape index (κ2) is 8.84. The Morgan fingerprint density at radius 1 is 0.962 bits per heavy atom. The van der Waals surface area contributed by atoms with Crippen molar-refractivity contribution in [3.63, 3.8) is 0 Å². The van der Waals surface area contributed by atoms with Gasteiger partial charge in [0.25, 0.3) is 0 Å². The van der Waals surface area contributed by atoms with Crippen molar-refractivity contribution in [1.29, 1.82) is 0 Å². The highest BCUT2D eigenvalue weighted by Gasteiger charge is 2.03. The molecule has 0 saturated heterocycles. The van der Waals surface area contributed by atoms with Gasteiger partial charge in [0.05, 0.1) is 11.4 Å².